The molecule has 0 saturated heterocycles. The van der Waals surface area contributed by atoms with Crippen LogP contribution in [0.4, 0.5) is 4.79 Å². The topological polar surface area (TPSA) is 55.4 Å². The standard InChI is InChI=1S/C2H3NS2.CH2NO.Zn/c1-3-2(4)5;2-1-3;/h1H2,(H,4,5);(H2,2,3);/q;;+1/p-1. The van der Waals surface area contributed by atoms with Gasteiger partial charge in [0.15, 0.2) is 0 Å². The molecule has 0 unspecified atom stereocenters. The van der Waals surface area contributed by atoms with Gasteiger partial charge < -0.3 is 24.8 Å². The van der Waals surface area contributed by atoms with Crippen molar-refractivity contribution in [3.63, 3.8) is 0 Å². The van der Waals surface area contributed by atoms with Gasteiger partial charge in [0.2, 0.25) is 0 Å². The molecule has 0 fully saturated rings. The van der Waals surface area contributed by atoms with Crippen molar-refractivity contribution in [3.05, 3.63) is 0 Å². The van der Waals surface area contributed by atoms with Gasteiger partial charge in [-0.05, 0) is 11.0 Å². The van der Waals surface area contributed by atoms with Crippen molar-refractivity contribution in [1.29, 1.82) is 0 Å². The number of hydrogen-bond acceptors (Lipinski definition) is 3. The molecule has 1 amide bonds. The van der Waals surface area contributed by atoms with E-state index in [9.17, 15) is 4.79 Å². The first kappa shape index (κ1) is 11.8. The number of carbonyl (C=O) groups excluding carboxylic acids is 1. The number of nitrogens with two attached hydrogens (primary N) is 1. The Hall–Kier alpha value is 0.0734. The Balaban J connectivity index is 0. The fourth-order valence-corrected chi connectivity index (χ4v) is 0. The Morgan fingerprint density at radius 2 is 2.00 bits per heavy atom. The molecule has 0 radical (unpaired) electrons. The Morgan fingerprint density at radius 3 is 2.00 bits per heavy atom. The molecule has 0 aromatic rings. The second-order valence-electron chi connectivity index (χ2n) is 0.890. The van der Waals surface area contributed by atoms with Crippen LogP contribution in [-0.4, -0.2) is 15.5 Å². The molecule has 0 bridgehead atoms. The third-order valence-electron chi connectivity index (χ3n) is 0.129. The minimum absolute atomic E-state index is 0.185. The van der Waals surface area contributed by atoms with Gasteiger partial charge in [-0.1, -0.05) is 0 Å². The van der Waals surface area contributed by atoms with Crippen molar-refractivity contribution in [2.75, 3.05) is 0 Å². The zero-order valence-electron chi connectivity index (χ0n) is 4.66. The van der Waals surface area contributed by atoms with E-state index in [1.165, 1.54) is 0 Å². The van der Waals surface area contributed by atoms with Gasteiger partial charge in [0.1, 0.15) is 0 Å². The minimum atomic E-state index is -0.208. The molecule has 0 aliphatic heterocycles. The second kappa shape index (κ2) is 8.07. The average molecular weight is 214 g/mol. The molecule has 3 nitrogen and oxygen atoms in total. The fourth-order valence-electron chi connectivity index (χ4n) is 0. The number of amides is 1. The fraction of sp³-hybridized carbons (Fsp3) is 0. The normalized spacial score (nSPS) is 6.44. The summed E-state index contributed by atoms with van der Waals surface area (Å²) in [5.41, 5.74) is 4.53. The van der Waals surface area contributed by atoms with Crippen molar-refractivity contribution in [1.82, 2.24) is 0 Å². The van der Waals surface area contributed by atoms with Gasteiger partial charge in [-0.25, -0.2) is 0 Å². The number of hydrogen-bond donors (Lipinski definition) is 1. The van der Waals surface area contributed by atoms with Crippen LogP contribution in [0.15, 0.2) is 4.99 Å². The Kier molecular flexibility index (Phi) is 10.6. The van der Waals surface area contributed by atoms with Crippen LogP contribution in [0.5, 0.6) is 0 Å². The number of rotatable bonds is 0. The van der Waals surface area contributed by atoms with Gasteiger partial charge in [-0.3, -0.25) is 4.99 Å². The SMILES string of the molecule is C=NC(=S)[S-].N[C](=O)[Zn+]. The van der Waals surface area contributed by atoms with Crippen LogP contribution < -0.4 is 5.73 Å². The van der Waals surface area contributed by atoms with Gasteiger partial charge in [-0.15, -0.1) is 0 Å². The van der Waals surface area contributed by atoms with Crippen LogP contribution in [0, 0.1) is 0 Å². The van der Waals surface area contributed by atoms with Crippen LogP contribution in [0.2, 0.25) is 0 Å². The molecule has 0 saturated carbocycles. The molecule has 0 spiro atoms. The van der Waals surface area contributed by atoms with Crippen molar-refractivity contribution >= 4 is 40.4 Å². The van der Waals surface area contributed by atoms with Gasteiger partial charge in [-0.2, -0.15) is 0 Å². The molecule has 0 aromatic carbocycles. The Labute approximate surface area is 74.2 Å². The van der Waals surface area contributed by atoms with E-state index in [2.05, 4.69) is 42.3 Å². The van der Waals surface area contributed by atoms with Crippen LogP contribution in [0.25, 0.3) is 0 Å². The van der Waals surface area contributed by atoms with E-state index >= 15 is 0 Å². The van der Waals surface area contributed by atoms with E-state index in [4.69, 9.17) is 0 Å². The van der Waals surface area contributed by atoms with Gasteiger partial charge in [0, 0.05) is 0 Å². The first-order valence-electron chi connectivity index (χ1n) is 1.79. The van der Waals surface area contributed by atoms with E-state index in [1.807, 2.05) is 0 Å². The number of aliphatic imine (C=N–C) groups is 1. The van der Waals surface area contributed by atoms with Crippen molar-refractivity contribution < 1.29 is 23.1 Å². The predicted molar refractivity (Wildman–Crippen MR) is 39.1 cm³/mol. The molecule has 2 N–H and O–H groups in total. The quantitative estimate of drug-likeness (QED) is 0.269. The molecular formula is C3H4N2OS2Zn. The third-order valence-corrected chi connectivity index (χ3v) is 0.387. The summed E-state index contributed by atoms with van der Waals surface area (Å²) in [6, 6.07) is 0. The van der Waals surface area contributed by atoms with Gasteiger partial charge >= 0.3 is 33.3 Å². The summed E-state index contributed by atoms with van der Waals surface area (Å²) < 4.78 is -0.0231. The van der Waals surface area contributed by atoms with Crippen molar-refractivity contribution in [2.45, 2.75) is 0 Å². The Morgan fingerprint density at radius 1 is 1.89 bits per heavy atom. The zero-order valence-corrected chi connectivity index (χ0v) is 9.26. The summed E-state index contributed by atoms with van der Waals surface area (Å²) >= 11 is 9.13. The van der Waals surface area contributed by atoms with Crippen LogP contribution in [-0.2, 0) is 30.9 Å². The summed E-state index contributed by atoms with van der Waals surface area (Å²) in [6.07, 6.45) is 0. The van der Waals surface area contributed by atoms with E-state index in [0.29, 0.717) is 18.3 Å². The summed E-state index contributed by atoms with van der Waals surface area (Å²) in [4.78, 5) is 12.5. The molecule has 0 aromatic heterocycles. The van der Waals surface area contributed by atoms with Crippen molar-refractivity contribution in [3.8, 4) is 0 Å². The van der Waals surface area contributed by atoms with Gasteiger partial charge in [0.25, 0.3) is 0 Å². The molecule has 6 heteroatoms. The average Bonchev–Trinajstić information content (AvgIpc) is 1.65. The molecule has 0 rings (SSSR count). The summed E-state index contributed by atoms with van der Waals surface area (Å²) in [7, 11) is 0. The molecule has 46 valence electrons. The Bertz CT molecular complexity index is 123. The van der Waals surface area contributed by atoms with E-state index in [-0.39, 0.29) is 8.82 Å². The molecule has 0 heterocycles. The van der Waals surface area contributed by atoms with Crippen LogP contribution in [0.3, 0.4) is 0 Å². The zero-order chi connectivity index (χ0) is 7.86. The van der Waals surface area contributed by atoms with Gasteiger partial charge in [0.05, 0.1) is 0 Å². The molecule has 9 heavy (non-hydrogen) atoms. The first-order chi connectivity index (χ1) is 4.00. The summed E-state index contributed by atoms with van der Waals surface area (Å²) in [5, 5.41) is 0. The first-order valence-corrected chi connectivity index (χ1v) is 4.09. The molecular weight excluding hydrogens is 210 g/mol. The number of primary amides is 1. The monoisotopic (exact) mass is 212 g/mol. The number of thiocarbonyl (C=S) groups is 1. The summed E-state index contributed by atoms with van der Waals surface area (Å²) in [6.45, 7) is 3.06. The van der Waals surface area contributed by atoms with Crippen LogP contribution >= 0.6 is 12.2 Å². The van der Waals surface area contributed by atoms with Crippen molar-refractivity contribution in [2.24, 2.45) is 10.7 Å². The second-order valence-corrected chi connectivity index (χ2v) is 3.38. The molecule has 0 aliphatic rings. The predicted octanol–water partition coefficient (Wildman–Crippen LogP) is 0.131. The van der Waals surface area contributed by atoms with Crippen LogP contribution in [0.1, 0.15) is 0 Å². The van der Waals surface area contributed by atoms with E-state index < -0.39 is 0 Å². The molecule has 0 atom stereocenters. The maximum absolute atomic E-state index is 9.28. The number of nitrogens with zero attached hydrogens (tertiary/aromatic N) is 1. The summed E-state index contributed by atoms with van der Waals surface area (Å²) in [5.74, 6) is 0. The van der Waals surface area contributed by atoms with E-state index in [1.54, 1.807) is 0 Å². The third kappa shape index (κ3) is 69.3. The molecule has 0 aliphatic carbocycles. The number of carbonyl (C=O) groups is 1. The maximum atomic E-state index is 9.28. The van der Waals surface area contributed by atoms with E-state index in [0.717, 1.165) is 0 Å².